The minimum atomic E-state index is -0.107. The SMILES string of the molecule is Cn1c(=O)c(/C=C/C(=O)N2CCOCC2)cc2ccccc21. The maximum absolute atomic E-state index is 12.3. The molecule has 3 rings (SSSR count). The Balaban J connectivity index is 1.90. The van der Waals surface area contributed by atoms with Gasteiger partial charge in [0.15, 0.2) is 0 Å². The third kappa shape index (κ3) is 2.80. The van der Waals surface area contributed by atoms with Gasteiger partial charge in [-0.05, 0) is 23.6 Å². The zero-order chi connectivity index (χ0) is 15.5. The minimum Gasteiger partial charge on any atom is -0.378 e. The molecule has 1 fully saturated rings. The van der Waals surface area contributed by atoms with Crippen LogP contribution in [0.1, 0.15) is 5.56 Å². The molecule has 1 aromatic carbocycles. The molecule has 0 saturated carbocycles. The first-order chi connectivity index (χ1) is 10.7. The smallest absolute Gasteiger partial charge is 0.258 e. The van der Waals surface area contributed by atoms with Crippen LogP contribution in [0.2, 0.25) is 0 Å². The van der Waals surface area contributed by atoms with Crippen LogP contribution in [-0.2, 0) is 16.6 Å². The Hall–Kier alpha value is -2.40. The van der Waals surface area contributed by atoms with E-state index in [0.29, 0.717) is 31.9 Å². The van der Waals surface area contributed by atoms with E-state index in [1.165, 1.54) is 6.08 Å². The van der Waals surface area contributed by atoms with Crippen molar-refractivity contribution < 1.29 is 9.53 Å². The lowest BCUT2D eigenvalue weighted by Gasteiger charge is -2.25. The quantitative estimate of drug-likeness (QED) is 0.788. The average molecular weight is 298 g/mol. The fourth-order valence-electron chi connectivity index (χ4n) is 2.62. The van der Waals surface area contributed by atoms with Crippen LogP contribution in [0.3, 0.4) is 0 Å². The van der Waals surface area contributed by atoms with E-state index in [4.69, 9.17) is 4.74 Å². The molecular weight excluding hydrogens is 280 g/mol. The summed E-state index contributed by atoms with van der Waals surface area (Å²) in [7, 11) is 1.74. The second kappa shape index (κ2) is 6.15. The lowest BCUT2D eigenvalue weighted by Crippen LogP contribution is -2.39. The van der Waals surface area contributed by atoms with Gasteiger partial charge in [-0.3, -0.25) is 9.59 Å². The molecular formula is C17H18N2O3. The number of fused-ring (bicyclic) bond motifs is 1. The molecule has 2 heterocycles. The van der Waals surface area contributed by atoms with Crippen molar-refractivity contribution in [3.05, 3.63) is 52.3 Å². The number of aryl methyl sites for hydroxylation is 1. The van der Waals surface area contributed by atoms with Crippen LogP contribution in [-0.4, -0.2) is 41.7 Å². The van der Waals surface area contributed by atoms with Crippen LogP contribution in [0.15, 0.2) is 41.2 Å². The molecule has 0 spiro atoms. The molecule has 1 aromatic heterocycles. The number of aromatic nitrogens is 1. The average Bonchev–Trinajstić information content (AvgIpc) is 2.57. The van der Waals surface area contributed by atoms with E-state index >= 15 is 0 Å². The van der Waals surface area contributed by atoms with E-state index in [0.717, 1.165) is 10.9 Å². The summed E-state index contributed by atoms with van der Waals surface area (Å²) in [6.45, 7) is 2.33. The van der Waals surface area contributed by atoms with Crippen molar-refractivity contribution in [3.63, 3.8) is 0 Å². The summed E-state index contributed by atoms with van der Waals surface area (Å²) in [5.74, 6) is -0.0847. The topological polar surface area (TPSA) is 51.5 Å². The van der Waals surface area contributed by atoms with Crippen LogP contribution >= 0.6 is 0 Å². The van der Waals surface area contributed by atoms with Crippen molar-refractivity contribution in [2.75, 3.05) is 26.3 Å². The van der Waals surface area contributed by atoms with Crippen molar-refractivity contribution >= 4 is 22.9 Å². The van der Waals surface area contributed by atoms with Gasteiger partial charge in [0.2, 0.25) is 5.91 Å². The molecule has 0 N–H and O–H groups in total. The molecule has 1 saturated heterocycles. The number of nitrogens with zero attached hydrogens (tertiary/aromatic N) is 2. The predicted octanol–water partition coefficient (Wildman–Crippen LogP) is 1.41. The minimum absolute atomic E-state index is 0.0847. The first kappa shape index (κ1) is 14.5. The largest absolute Gasteiger partial charge is 0.378 e. The predicted molar refractivity (Wildman–Crippen MR) is 85.6 cm³/mol. The van der Waals surface area contributed by atoms with Gasteiger partial charge in [-0.25, -0.2) is 0 Å². The van der Waals surface area contributed by atoms with Gasteiger partial charge < -0.3 is 14.2 Å². The van der Waals surface area contributed by atoms with Crippen molar-refractivity contribution in [2.45, 2.75) is 0 Å². The van der Waals surface area contributed by atoms with Gasteiger partial charge in [0.25, 0.3) is 5.56 Å². The molecule has 0 unspecified atom stereocenters. The number of ether oxygens (including phenoxy) is 1. The van der Waals surface area contributed by atoms with E-state index < -0.39 is 0 Å². The fourth-order valence-corrected chi connectivity index (χ4v) is 2.62. The van der Waals surface area contributed by atoms with Crippen LogP contribution in [0.25, 0.3) is 17.0 Å². The number of amides is 1. The highest BCUT2D eigenvalue weighted by atomic mass is 16.5. The zero-order valence-electron chi connectivity index (χ0n) is 12.5. The Morgan fingerprint density at radius 3 is 2.73 bits per heavy atom. The first-order valence-electron chi connectivity index (χ1n) is 7.30. The maximum Gasteiger partial charge on any atom is 0.258 e. The third-order valence-corrected chi connectivity index (χ3v) is 3.89. The number of rotatable bonds is 2. The van der Waals surface area contributed by atoms with Gasteiger partial charge in [-0.15, -0.1) is 0 Å². The van der Waals surface area contributed by atoms with E-state index in [2.05, 4.69) is 0 Å². The summed E-state index contributed by atoms with van der Waals surface area (Å²) in [6, 6.07) is 9.51. The van der Waals surface area contributed by atoms with E-state index in [9.17, 15) is 9.59 Å². The maximum atomic E-state index is 12.3. The summed E-state index contributed by atoms with van der Waals surface area (Å²) >= 11 is 0. The standard InChI is InChI=1S/C17H18N2O3/c1-18-15-5-3-2-4-13(15)12-14(17(18)21)6-7-16(20)19-8-10-22-11-9-19/h2-7,12H,8-11H2,1H3/b7-6+. The number of morpholine rings is 1. The van der Waals surface area contributed by atoms with Gasteiger partial charge in [0, 0.05) is 31.8 Å². The summed E-state index contributed by atoms with van der Waals surface area (Å²) in [5, 5.41) is 0.975. The number of carbonyl (C=O) groups excluding carboxylic acids is 1. The van der Waals surface area contributed by atoms with Crippen molar-refractivity contribution in [3.8, 4) is 0 Å². The molecule has 5 heteroatoms. The normalized spacial score (nSPS) is 15.6. The number of carbonyl (C=O) groups is 1. The molecule has 0 atom stereocenters. The Labute approximate surface area is 128 Å². The van der Waals surface area contributed by atoms with Crippen LogP contribution in [0.5, 0.6) is 0 Å². The summed E-state index contributed by atoms with van der Waals surface area (Å²) in [4.78, 5) is 26.2. The van der Waals surface area contributed by atoms with Crippen molar-refractivity contribution in [2.24, 2.45) is 7.05 Å². The van der Waals surface area contributed by atoms with Gasteiger partial charge in [-0.1, -0.05) is 18.2 Å². The number of benzene rings is 1. The first-order valence-corrected chi connectivity index (χ1v) is 7.30. The number of pyridine rings is 1. The lowest BCUT2D eigenvalue weighted by molar-refractivity contribution is -0.129. The molecule has 2 aromatic rings. The Bertz CT molecular complexity index is 786. The molecule has 0 bridgehead atoms. The van der Waals surface area contributed by atoms with E-state index in [1.807, 2.05) is 30.3 Å². The van der Waals surface area contributed by atoms with Crippen LogP contribution in [0, 0.1) is 0 Å². The zero-order valence-corrected chi connectivity index (χ0v) is 12.5. The molecule has 1 amide bonds. The van der Waals surface area contributed by atoms with Gasteiger partial charge >= 0.3 is 0 Å². The van der Waals surface area contributed by atoms with Gasteiger partial charge in [0.05, 0.1) is 18.7 Å². The molecule has 114 valence electrons. The Kier molecular flexibility index (Phi) is 4.06. The van der Waals surface area contributed by atoms with Gasteiger partial charge in [-0.2, -0.15) is 0 Å². The van der Waals surface area contributed by atoms with Gasteiger partial charge in [0.1, 0.15) is 0 Å². The highest BCUT2D eigenvalue weighted by Gasteiger charge is 2.14. The third-order valence-electron chi connectivity index (χ3n) is 3.89. The monoisotopic (exact) mass is 298 g/mol. The Morgan fingerprint density at radius 2 is 1.95 bits per heavy atom. The molecule has 5 nitrogen and oxygen atoms in total. The number of hydrogen-bond donors (Lipinski definition) is 0. The highest BCUT2D eigenvalue weighted by molar-refractivity contribution is 5.92. The summed E-state index contributed by atoms with van der Waals surface area (Å²) < 4.78 is 6.83. The van der Waals surface area contributed by atoms with E-state index in [1.54, 1.807) is 22.6 Å². The second-order valence-electron chi connectivity index (χ2n) is 5.29. The van der Waals surface area contributed by atoms with Crippen molar-refractivity contribution in [1.29, 1.82) is 0 Å². The number of hydrogen-bond acceptors (Lipinski definition) is 3. The molecule has 0 aliphatic carbocycles. The van der Waals surface area contributed by atoms with Crippen molar-refractivity contribution in [1.82, 2.24) is 9.47 Å². The highest BCUT2D eigenvalue weighted by Crippen LogP contribution is 2.13. The number of para-hydroxylation sites is 1. The summed E-state index contributed by atoms with van der Waals surface area (Å²) in [5.41, 5.74) is 1.29. The van der Waals surface area contributed by atoms with Crippen LogP contribution < -0.4 is 5.56 Å². The summed E-state index contributed by atoms with van der Waals surface area (Å²) in [6.07, 6.45) is 3.07. The molecule has 0 radical (unpaired) electrons. The van der Waals surface area contributed by atoms with E-state index in [-0.39, 0.29) is 11.5 Å². The molecule has 1 aliphatic heterocycles. The second-order valence-corrected chi connectivity index (χ2v) is 5.29. The van der Waals surface area contributed by atoms with Crippen LogP contribution in [0.4, 0.5) is 0 Å². The Morgan fingerprint density at radius 1 is 1.23 bits per heavy atom. The fraction of sp³-hybridized carbons (Fsp3) is 0.294. The molecule has 22 heavy (non-hydrogen) atoms. The lowest BCUT2D eigenvalue weighted by atomic mass is 10.1. The molecule has 1 aliphatic rings.